The minimum absolute atomic E-state index is 0.0203. The number of nitro groups is 1. The molecule has 0 aliphatic heterocycles. The minimum Gasteiger partial charge on any atom is -0.411 e. The molecule has 0 unspecified atom stereocenters. The van der Waals surface area contributed by atoms with Gasteiger partial charge in [0.2, 0.25) is 5.91 Å². The second-order valence-electron chi connectivity index (χ2n) is 5.42. The van der Waals surface area contributed by atoms with E-state index in [1.165, 1.54) is 12.1 Å². The van der Waals surface area contributed by atoms with E-state index >= 15 is 0 Å². The predicted octanol–water partition coefficient (Wildman–Crippen LogP) is 3.38. The number of thioether (sulfide) groups is 1. The molecule has 2 heterocycles. The Hall–Kier alpha value is -3.38. The van der Waals surface area contributed by atoms with Gasteiger partial charge in [-0.05, 0) is 18.2 Å². The Labute approximate surface area is 165 Å². The maximum Gasteiger partial charge on any atom is 0.282 e. The Morgan fingerprint density at radius 3 is 2.89 bits per heavy atom. The van der Waals surface area contributed by atoms with Gasteiger partial charge in [0.25, 0.3) is 16.8 Å². The first-order chi connectivity index (χ1) is 13.6. The van der Waals surface area contributed by atoms with Crippen molar-refractivity contribution < 1.29 is 14.1 Å². The zero-order chi connectivity index (χ0) is 19.5. The molecule has 12 heteroatoms. The standard InChI is InChI=1S/C16H10N6O4S2/c23-13(17-10-5-3-6-11-14(10)21-28-20-11)8-27-16-19-18-15(26-16)9-4-1-2-7-12(9)22(24)25/h1-7H,8H2,(H,17,23). The lowest BCUT2D eigenvalue weighted by molar-refractivity contribution is -0.384. The topological polar surface area (TPSA) is 137 Å². The van der Waals surface area contributed by atoms with Crippen molar-refractivity contribution in [3.8, 4) is 11.5 Å². The quantitative estimate of drug-likeness (QED) is 0.286. The van der Waals surface area contributed by atoms with Gasteiger partial charge >= 0.3 is 0 Å². The maximum atomic E-state index is 12.2. The number of amides is 1. The van der Waals surface area contributed by atoms with E-state index in [4.69, 9.17) is 4.42 Å². The van der Waals surface area contributed by atoms with Gasteiger partial charge in [-0.3, -0.25) is 14.9 Å². The molecule has 0 atom stereocenters. The van der Waals surface area contributed by atoms with Gasteiger partial charge in [-0.15, -0.1) is 10.2 Å². The van der Waals surface area contributed by atoms with Crippen LogP contribution in [0.25, 0.3) is 22.5 Å². The number of hydrogen-bond donors (Lipinski definition) is 1. The van der Waals surface area contributed by atoms with Crippen LogP contribution in [0.2, 0.25) is 0 Å². The summed E-state index contributed by atoms with van der Waals surface area (Å²) in [6.45, 7) is 0. The highest BCUT2D eigenvalue weighted by molar-refractivity contribution is 7.99. The lowest BCUT2D eigenvalue weighted by Crippen LogP contribution is -2.14. The number of nitrogens with zero attached hydrogens (tertiary/aromatic N) is 5. The third-order valence-corrected chi connectivity index (χ3v) is 4.99. The maximum absolute atomic E-state index is 12.2. The first-order valence-electron chi connectivity index (χ1n) is 7.83. The highest BCUT2D eigenvalue weighted by Gasteiger charge is 2.20. The van der Waals surface area contributed by atoms with Gasteiger partial charge in [-0.2, -0.15) is 8.75 Å². The highest BCUT2D eigenvalue weighted by atomic mass is 32.2. The summed E-state index contributed by atoms with van der Waals surface area (Å²) >= 11 is 2.10. The first kappa shape index (κ1) is 18.0. The lowest BCUT2D eigenvalue weighted by Gasteiger charge is -2.04. The summed E-state index contributed by atoms with van der Waals surface area (Å²) in [6, 6.07) is 11.4. The first-order valence-corrected chi connectivity index (χ1v) is 9.54. The number of carbonyl (C=O) groups is 1. The van der Waals surface area contributed by atoms with Crippen LogP contribution in [0.15, 0.2) is 52.1 Å². The number of nitrogens with one attached hydrogen (secondary N) is 1. The lowest BCUT2D eigenvalue weighted by atomic mass is 10.2. The van der Waals surface area contributed by atoms with E-state index in [1.807, 2.05) is 6.07 Å². The van der Waals surface area contributed by atoms with Crippen molar-refractivity contribution >= 4 is 51.8 Å². The molecular formula is C16H10N6O4S2. The minimum atomic E-state index is -0.520. The van der Waals surface area contributed by atoms with Gasteiger partial charge in [-0.1, -0.05) is 30.0 Å². The Kier molecular flexibility index (Phi) is 4.95. The second-order valence-corrected chi connectivity index (χ2v) is 6.88. The summed E-state index contributed by atoms with van der Waals surface area (Å²) in [5, 5.41) is 21.7. The van der Waals surface area contributed by atoms with Crippen LogP contribution in [-0.4, -0.2) is 35.5 Å². The van der Waals surface area contributed by atoms with Crippen molar-refractivity contribution in [1.29, 1.82) is 0 Å². The van der Waals surface area contributed by atoms with Crippen LogP contribution in [0.4, 0.5) is 11.4 Å². The molecule has 0 radical (unpaired) electrons. The van der Waals surface area contributed by atoms with Crippen molar-refractivity contribution in [2.24, 2.45) is 0 Å². The molecule has 4 aromatic rings. The summed E-state index contributed by atoms with van der Waals surface area (Å²) in [5.41, 5.74) is 2.00. The predicted molar refractivity (Wildman–Crippen MR) is 103 cm³/mol. The molecule has 1 amide bonds. The number of fused-ring (bicyclic) bond motifs is 1. The van der Waals surface area contributed by atoms with Crippen LogP contribution in [0.5, 0.6) is 0 Å². The molecule has 0 aliphatic carbocycles. The Morgan fingerprint density at radius 2 is 2.04 bits per heavy atom. The van der Waals surface area contributed by atoms with Gasteiger partial charge in [-0.25, -0.2) is 0 Å². The summed E-state index contributed by atoms with van der Waals surface area (Å²) < 4.78 is 13.7. The van der Waals surface area contributed by atoms with Crippen LogP contribution in [-0.2, 0) is 4.79 Å². The van der Waals surface area contributed by atoms with Crippen molar-refractivity contribution in [3.05, 3.63) is 52.6 Å². The van der Waals surface area contributed by atoms with Crippen LogP contribution in [0, 0.1) is 10.1 Å². The summed E-state index contributed by atoms with van der Waals surface area (Å²) in [7, 11) is 0. The van der Waals surface area contributed by atoms with E-state index in [0.717, 1.165) is 23.5 Å². The van der Waals surface area contributed by atoms with Crippen molar-refractivity contribution in [2.45, 2.75) is 5.22 Å². The summed E-state index contributed by atoms with van der Waals surface area (Å²) in [4.78, 5) is 22.8. The number of aromatic nitrogens is 4. The second kappa shape index (κ2) is 7.70. The zero-order valence-electron chi connectivity index (χ0n) is 13.9. The molecule has 28 heavy (non-hydrogen) atoms. The third-order valence-electron chi connectivity index (χ3n) is 3.62. The average Bonchev–Trinajstić information content (AvgIpc) is 3.36. The largest absolute Gasteiger partial charge is 0.411 e. The molecule has 0 saturated heterocycles. The molecule has 1 N–H and O–H groups in total. The third kappa shape index (κ3) is 3.68. The van der Waals surface area contributed by atoms with Gasteiger partial charge in [0.05, 0.1) is 28.1 Å². The van der Waals surface area contributed by atoms with E-state index in [1.54, 1.807) is 24.3 Å². The number of para-hydroxylation sites is 1. The Bertz CT molecular complexity index is 1170. The summed E-state index contributed by atoms with van der Waals surface area (Å²) in [5.74, 6) is -0.239. The van der Waals surface area contributed by atoms with Gasteiger partial charge in [0.1, 0.15) is 16.6 Å². The van der Waals surface area contributed by atoms with E-state index < -0.39 is 4.92 Å². The van der Waals surface area contributed by atoms with Gasteiger partial charge < -0.3 is 9.73 Å². The number of rotatable bonds is 6. The van der Waals surface area contributed by atoms with E-state index in [2.05, 4.69) is 24.3 Å². The van der Waals surface area contributed by atoms with Crippen LogP contribution in [0.1, 0.15) is 0 Å². The normalized spacial score (nSPS) is 10.9. The van der Waals surface area contributed by atoms with E-state index in [-0.39, 0.29) is 34.0 Å². The molecule has 10 nitrogen and oxygen atoms in total. The summed E-state index contributed by atoms with van der Waals surface area (Å²) in [6.07, 6.45) is 0. The zero-order valence-corrected chi connectivity index (χ0v) is 15.6. The average molecular weight is 414 g/mol. The SMILES string of the molecule is O=C(CSc1nnc(-c2ccccc2[N+](=O)[O-])o1)Nc1cccc2nsnc12. The molecule has 0 saturated carbocycles. The van der Waals surface area contributed by atoms with Crippen molar-refractivity contribution in [2.75, 3.05) is 11.1 Å². The molecule has 4 rings (SSSR count). The van der Waals surface area contributed by atoms with E-state index in [9.17, 15) is 14.9 Å². The fourth-order valence-corrected chi connectivity index (χ4v) is 3.52. The molecule has 140 valence electrons. The smallest absolute Gasteiger partial charge is 0.282 e. The van der Waals surface area contributed by atoms with Crippen LogP contribution >= 0.6 is 23.5 Å². The van der Waals surface area contributed by atoms with Crippen molar-refractivity contribution in [1.82, 2.24) is 18.9 Å². The fourth-order valence-electron chi connectivity index (χ4n) is 2.41. The number of nitro benzene ring substituents is 1. The van der Waals surface area contributed by atoms with E-state index in [0.29, 0.717) is 16.7 Å². The molecule has 2 aromatic heterocycles. The number of hydrogen-bond acceptors (Lipinski definition) is 10. The van der Waals surface area contributed by atoms with Gasteiger partial charge in [0.15, 0.2) is 0 Å². The fraction of sp³-hybridized carbons (Fsp3) is 0.0625. The monoisotopic (exact) mass is 414 g/mol. The van der Waals surface area contributed by atoms with Crippen LogP contribution in [0.3, 0.4) is 0 Å². The molecular weight excluding hydrogens is 404 g/mol. The Morgan fingerprint density at radius 1 is 1.18 bits per heavy atom. The molecule has 2 aromatic carbocycles. The van der Waals surface area contributed by atoms with Crippen LogP contribution < -0.4 is 5.32 Å². The number of carbonyl (C=O) groups excluding carboxylic acids is 1. The van der Waals surface area contributed by atoms with Crippen molar-refractivity contribution in [3.63, 3.8) is 0 Å². The van der Waals surface area contributed by atoms with Gasteiger partial charge in [0, 0.05) is 6.07 Å². The highest BCUT2D eigenvalue weighted by Crippen LogP contribution is 2.30. The number of anilines is 1. The molecule has 0 aliphatic rings. The number of benzene rings is 2. The Balaban J connectivity index is 1.43. The molecule has 0 bridgehead atoms. The molecule has 0 spiro atoms. The molecule has 0 fully saturated rings.